The first-order valence-electron chi connectivity index (χ1n) is 6.93. The predicted molar refractivity (Wildman–Crippen MR) is 79.1 cm³/mol. The standard InChI is InChI=1S/C16H21NO4/c1-10(2)15(16(20)21)17-14(19)9-8-13(18)12-6-4-11(3)5-7-12/h4-7,10,15H,8-9H2,1-3H3,(H,17,19)(H,20,21)/t15-/m0/s1. The number of amides is 1. The Morgan fingerprint density at radius 2 is 1.67 bits per heavy atom. The van der Waals surface area contributed by atoms with Gasteiger partial charge in [0.05, 0.1) is 0 Å². The largest absolute Gasteiger partial charge is 0.480 e. The Morgan fingerprint density at radius 3 is 2.14 bits per heavy atom. The monoisotopic (exact) mass is 291 g/mol. The number of Topliss-reactive ketones (excluding diaryl/α,β-unsaturated/α-hetero) is 1. The maximum Gasteiger partial charge on any atom is 0.326 e. The number of hydrogen-bond donors (Lipinski definition) is 2. The van der Waals surface area contributed by atoms with Gasteiger partial charge in [0.15, 0.2) is 5.78 Å². The molecule has 0 spiro atoms. The molecule has 0 saturated heterocycles. The maximum absolute atomic E-state index is 11.9. The molecular formula is C16H21NO4. The molecule has 114 valence electrons. The summed E-state index contributed by atoms with van der Waals surface area (Å²) >= 11 is 0. The summed E-state index contributed by atoms with van der Waals surface area (Å²) in [5, 5.41) is 11.4. The van der Waals surface area contributed by atoms with Gasteiger partial charge in [0.1, 0.15) is 6.04 Å². The first kappa shape index (κ1) is 16.9. The van der Waals surface area contributed by atoms with Gasteiger partial charge in [0.25, 0.3) is 0 Å². The van der Waals surface area contributed by atoms with Crippen LogP contribution in [0.1, 0.15) is 42.6 Å². The van der Waals surface area contributed by atoms with Gasteiger partial charge in [0, 0.05) is 18.4 Å². The van der Waals surface area contributed by atoms with E-state index in [9.17, 15) is 14.4 Å². The number of nitrogens with one attached hydrogen (secondary N) is 1. The van der Waals surface area contributed by atoms with E-state index in [0.29, 0.717) is 5.56 Å². The van der Waals surface area contributed by atoms with Crippen molar-refractivity contribution in [3.63, 3.8) is 0 Å². The summed E-state index contributed by atoms with van der Waals surface area (Å²) < 4.78 is 0. The van der Waals surface area contributed by atoms with E-state index < -0.39 is 17.9 Å². The van der Waals surface area contributed by atoms with E-state index in [2.05, 4.69) is 5.32 Å². The van der Waals surface area contributed by atoms with Crippen LogP contribution in [0.2, 0.25) is 0 Å². The van der Waals surface area contributed by atoms with Crippen molar-refractivity contribution >= 4 is 17.7 Å². The lowest BCUT2D eigenvalue weighted by atomic mass is 10.0. The number of carbonyl (C=O) groups excluding carboxylic acids is 2. The van der Waals surface area contributed by atoms with Crippen LogP contribution in [-0.4, -0.2) is 28.8 Å². The highest BCUT2D eigenvalue weighted by Gasteiger charge is 2.23. The van der Waals surface area contributed by atoms with Crippen LogP contribution in [0.5, 0.6) is 0 Å². The van der Waals surface area contributed by atoms with E-state index in [4.69, 9.17) is 5.11 Å². The quantitative estimate of drug-likeness (QED) is 0.754. The van der Waals surface area contributed by atoms with Crippen LogP contribution < -0.4 is 5.32 Å². The van der Waals surface area contributed by atoms with Gasteiger partial charge in [-0.25, -0.2) is 4.79 Å². The van der Waals surface area contributed by atoms with Gasteiger partial charge in [-0.1, -0.05) is 43.7 Å². The fraction of sp³-hybridized carbons (Fsp3) is 0.438. The normalized spacial score (nSPS) is 12.0. The summed E-state index contributed by atoms with van der Waals surface area (Å²) in [6, 6.07) is 6.21. The molecule has 0 saturated carbocycles. The van der Waals surface area contributed by atoms with Gasteiger partial charge < -0.3 is 10.4 Å². The van der Waals surface area contributed by atoms with E-state index in [-0.39, 0.29) is 24.5 Å². The molecule has 1 atom stereocenters. The Morgan fingerprint density at radius 1 is 1.10 bits per heavy atom. The highest BCUT2D eigenvalue weighted by Crippen LogP contribution is 2.08. The molecule has 1 aromatic rings. The smallest absolute Gasteiger partial charge is 0.326 e. The number of hydrogen-bond acceptors (Lipinski definition) is 3. The number of carboxylic acids is 1. The van der Waals surface area contributed by atoms with Gasteiger partial charge in [-0.3, -0.25) is 9.59 Å². The summed E-state index contributed by atoms with van der Waals surface area (Å²) in [6.45, 7) is 5.37. The van der Waals surface area contributed by atoms with Crippen LogP contribution in [0.25, 0.3) is 0 Å². The molecule has 0 radical (unpaired) electrons. The van der Waals surface area contributed by atoms with Crippen LogP contribution in [0.4, 0.5) is 0 Å². The molecule has 0 aliphatic heterocycles. The van der Waals surface area contributed by atoms with Gasteiger partial charge in [-0.05, 0) is 12.8 Å². The molecule has 0 aliphatic rings. The van der Waals surface area contributed by atoms with Crippen LogP contribution in [-0.2, 0) is 9.59 Å². The van der Waals surface area contributed by atoms with E-state index in [1.54, 1.807) is 26.0 Å². The predicted octanol–water partition coefficient (Wildman–Crippen LogP) is 2.18. The van der Waals surface area contributed by atoms with Crippen molar-refractivity contribution in [2.24, 2.45) is 5.92 Å². The van der Waals surface area contributed by atoms with Gasteiger partial charge in [-0.2, -0.15) is 0 Å². The number of aliphatic carboxylic acids is 1. The number of aryl methyl sites for hydroxylation is 1. The molecule has 5 heteroatoms. The Bertz CT molecular complexity index is 520. The molecule has 0 fully saturated rings. The minimum Gasteiger partial charge on any atom is -0.480 e. The third-order valence-electron chi connectivity index (χ3n) is 3.20. The van der Waals surface area contributed by atoms with Crippen LogP contribution in [0, 0.1) is 12.8 Å². The zero-order valence-corrected chi connectivity index (χ0v) is 12.6. The average molecular weight is 291 g/mol. The van der Waals surface area contributed by atoms with E-state index in [1.807, 2.05) is 19.1 Å². The Hall–Kier alpha value is -2.17. The lowest BCUT2D eigenvalue weighted by Gasteiger charge is -2.17. The Kier molecular flexibility index (Phi) is 6.09. The molecule has 0 aliphatic carbocycles. The van der Waals surface area contributed by atoms with Gasteiger partial charge >= 0.3 is 5.97 Å². The minimum absolute atomic E-state index is 0.0107. The second-order valence-electron chi connectivity index (χ2n) is 5.42. The summed E-state index contributed by atoms with van der Waals surface area (Å²) in [4.78, 5) is 34.6. The van der Waals surface area contributed by atoms with Crippen LogP contribution in [0.3, 0.4) is 0 Å². The number of carboxylic acid groups (broad SMARTS) is 1. The van der Waals surface area contributed by atoms with Crippen molar-refractivity contribution in [1.29, 1.82) is 0 Å². The lowest BCUT2D eigenvalue weighted by molar-refractivity contribution is -0.143. The summed E-state index contributed by atoms with van der Waals surface area (Å²) in [6.07, 6.45) is 0.0581. The Balaban J connectivity index is 2.51. The van der Waals surface area contributed by atoms with Crippen molar-refractivity contribution in [2.45, 2.75) is 39.7 Å². The molecule has 1 amide bonds. The average Bonchev–Trinajstić information content (AvgIpc) is 2.42. The van der Waals surface area contributed by atoms with Crippen LogP contribution in [0.15, 0.2) is 24.3 Å². The second-order valence-corrected chi connectivity index (χ2v) is 5.42. The van der Waals surface area contributed by atoms with Crippen molar-refractivity contribution in [3.05, 3.63) is 35.4 Å². The molecule has 21 heavy (non-hydrogen) atoms. The first-order chi connectivity index (χ1) is 9.81. The SMILES string of the molecule is Cc1ccc(C(=O)CCC(=O)N[C@H](C(=O)O)C(C)C)cc1. The lowest BCUT2D eigenvalue weighted by Crippen LogP contribution is -2.44. The first-order valence-corrected chi connectivity index (χ1v) is 6.93. The Labute approximate surface area is 124 Å². The van der Waals surface area contributed by atoms with Crippen molar-refractivity contribution in [1.82, 2.24) is 5.32 Å². The second kappa shape index (κ2) is 7.57. The number of ketones is 1. The highest BCUT2D eigenvalue weighted by molar-refractivity contribution is 5.98. The zero-order chi connectivity index (χ0) is 16.0. The topological polar surface area (TPSA) is 83.5 Å². The number of benzene rings is 1. The third kappa shape index (κ3) is 5.38. The molecule has 0 bridgehead atoms. The van der Waals surface area contributed by atoms with Crippen molar-refractivity contribution in [2.75, 3.05) is 0 Å². The summed E-state index contributed by atoms with van der Waals surface area (Å²) in [5.74, 6) is -1.82. The molecule has 0 heterocycles. The molecular weight excluding hydrogens is 270 g/mol. The van der Waals surface area contributed by atoms with Gasteiger partial charge in [-0.15, -0.1) is 0 Å². The highest BCUT2D eigenvalue weighted by atomic mass is 16.4. The molecule has 1 rings (SSSR count). The van der Waals surface area contributed by atoms with E-state index >= 15 is 0 Å². The summed E-state index contributed by atoms with van der Waals surface area (Å²) in [5.41, 5.74) is 1.62. The third-order valence-corrected chi connectivity index (χ3v) is 3.20. The van der Waals surface area contributed by atoms with Gasteiger partial charge in [0.2, 0.25) is 5.91 Å². The fourth-order valence-corrected chi connectivity index (χ4v) is 1.87. The van der Waals surface area contributed by atoms with Crippen LogP contribution >= 0.6 is 0 Å². The van der Waals surface area contributed by atoms with Crippen molar-refractivity contribution in [3.8, 4) is 0 Å². The molecule has 1 aromatic carbocycles. The molecule has 0 unspecified atom stereocenters. The minimum atomic E-state index is -1.07. The molecule has 2 N–H and O–H groups in total. The maximum atomic E-state index is 11.9. The number of carbonyl (C=O) groups is 3. The molecule has 5 nitrogen and oxygen atoms in total. The van der Waals surface area contributed by atoms with E-state index in [1.165, 1.54) is 0 Å². The summed E-state index contributed by atoms with van der Waals surface area (Å²) in [7, 11) is 0. The van der Waals surface area contributed by atoms with E-state index in [0.717, 1.165) is 5.56 Å². The fourth-order valence-electron chi connectivity index (χ4n) is 1.87. The number of rotatable bonds is 7. The zero-order valence-electron chi connectivity index (χ0n) is 12.6. The van der Waals surface area contributed by atoms with Crippen molar-refractivity contribution < 1.29 is 19.5 Å². The molecule has 0 aromatic heterocycles.